The predicted molar refractivity (Wildman–Crippen MR) is 112 cm³/mol. The molecule has 9 nitrogen and oxygen atoms in total. The Kier molecular flexibility index (Phi) is 5.89. The standard InChI is InChI=1S/C19H23N3O6S2/c1-19(2,3)12-4-7-16-11(8-12)9-17(29-16)18(24)20-21-30(27,28)13-5-6-15(23)14(10-13)22(25)26/h5-6,9-10,12,21,23H,4,7-8H2,1-3H3,(H,20,24). The molecule has 1 aliphatic carbocycles. The molecule has 1 atom stereocenters. The van der Waals surface area contributed by atoms with Gasteiger partial charge in [0.1, 0.15) is 0 Å². The Balaban J connectivity index is 1.71. The van der Waals surface area contributed by atoms with Gasteiger partial charge in [-0.05, 0) is 54.4 Å². The number of carbonyl (C=O) groups excluding carboxylic acids is 1. The summed E-state index contributed by atoms with van der Waals surface area (Å²) in [6, 6.07) is 4.44. The minimum absolute atomic E-state index is 0.171. The van der Waals surface area contributed by atoms with Crippen molar-refractivity contribution in [1.82, 2.24) is 10.3 Å². The third kappa shape index (κ3) is 4.63. The molecule has 0 radical (unpaired) electrons. The second-order valence-corrected chi connectivity index (χ2v) is 11.2. The molecule has 0 bridgehead atoms. The summed E-state index contributed by atoms with van der Waals surface area (Å²) in [5, 5.41) is 20.4. The number of fused-ring (bicyclic) bond motifs is 1. The first kappa shape index (κ1) is 22.2. The average Bonchev–Trinajstić information content (AvgIpc) is 3.09. The summed E-state index contributed by atoms with van der Waals surface area (Å²) in [5.41, 5.74) is 2.70. The first-order valence-corrected chi connectivity index (χ1v) is 11.6. The number of hydrogen-bond donors (Lipinski definition) is 3. The summed E-state index contributed by atoms with van der Waals surface area (Å²) >= 11 is 1.34. The summed E-state index contributed by atoms with van der Waals surface area (Å²) in [7, 11) is -4.26. The molecule has 1 unspecified atom stereocenters. The molecular weight excluding hydrogens is 430 g/mol. The van der Waals surface area contributed by atoms with E-state index in [4.69, 9.17) is 0 Å². The number of thiophene rings is 1. The van der Waals surface area contributed by atoms with Gasteiger partial charge in [-0.1, -0.05) is 20.8 Å². The number of aromatic hydroxyl groups is 1. The van der Waals surface area contributed by atoms with E-state index in [9.17, 15) is 28.4 Å². The molecule has 1 aliphatic rings. The van der Waals surface area contributed by atoms with Gasteiger partial charge in [0.15, 0.2) is 5.75 Å². The zero-order valence-corrected chi connectivity index (χ0v) is 18.4. The molecule has 1 heterocycles. The quantitative estimate of drug-likeness (QED) is 0.469. The van der Waals surface area contributed by atoms with E-state index < -0.39 is 37.2 Å². The minimum Gasteiger partial charge on any atom is -0.502 e. The van der Waals surface area contributed by atoms with Crippen molar-refractivity contribution >= 4 is 33.0 Å². The number of amides is 1. The Morgan fingerprint density at radius 2 is 2.00 bits per heavy atom. The number of hydrazine groups is 1. The first-order chi connectivity index (χ1) is 13.9. The number of nitro groups is 1. The highest BCUT2D eigenvalue weighted by atomic mass is 32.2. The molecular formula is C19H23N3O6S2. The number of nitrogens with zero attached hydrogens (tertiary/aromatic N) is 1. The number of carbonyl (C=O) groups is 1. The van der Waals surface area contributed by atoms with Crippen LogP contribution in [0, 0.1) is 21.4 Å². The molecule has 11 heteroatoms. The number of phenols is 1. The lowest BCUT2D eigenvalue weighted by Crippen LogP contribution is -2.41. The van der Waals surface area contributed by atoms with Crippen molar-refractivity contribution in [2.75, 3.05) is 0 Å². The number of benzene rings is 1. The lowest BCUT2D eigenvalue weighted by molar-refractivity contribution is -0.386. The van der Waals surface area contributed by atoms with E-state index in [1.165, 1.54) is 11.3 Å². The van der Waals surface area contributed by atoms with E-state index in [0.717, 1.165) is 47.9 Å². The molecule has 1 aromatic heterocycles. The van der Waals surface area contributed by atoms with Gasteiger partial charge in [0.25, 0.3) is 15.9 Å². The third-order valence-electron chi connectivity index (χ3n) is 5.28. The van der Waals surface area contributed by atoms with Crippen LogP contribution in [0.3, 0.4) is 0 Å². The lowest BCUT2D eigenvalue weighted by Gasteiger charge is -2.33. The smallest absolute Gasteiger partial charge is 0.312 e. The molecule has 0 spiro atoms. The molecule has 162 valence electrons. The van der Waals surface area contributed by atoms with Gasteiger partial charge in [-0.15, -0.1) is 16.2 Å². The number of hydrogen-bond acceptors (Lipinski definition) is 7. The molecule has 0 saturated heterocycles. The van der Waals surface area contributed by atoms with Crippen LogP contribution in [0.25, 0.3) is 0 Å². The molecule has 0 fully saturated rings. The number of rotatable bonds is 5. The highest BCUT2D eigenvalue weighted by Crippen LogP contribution is 2.40. The van der Waals surface area contributed by atoms with Crippen molar-refractivity contribution in [3.05, 3.63) is 49.7 Å². The van der Waals surface area contributed by atoms with E-state index in [2.05, 4.69) is 26.2 Å². The maximum Gasteiger partial charge on any atom is 0.312 e. The largest absolute Gasteiger partial charge is 0.502 e. The van der Waals surface area contributed by atoms with Crippen molar-refractivity contribution in [1.29, 1.82) is 0 Å². The van der Waals surface area contributed by atoms with Gasteiger partial charge in [0.05, 0.1) is 14.7 Å². The highest BCUT2D eigenvalue weighted by molar-refractivity contribution is 7.89. The van der Waals surface area contributed by atoms with Crippen LogP contribution in [0.15, 0.2) is 29.2 Å². The minimum atomic E-state index is -4.26. The maximum absolute atomic E-state index is 12.5. The Hall–Kier alpha value is -2.50. The fourth-order valence-electron chi connectivity index (χ4n) is 3.43. The number of aryl methyl sites for hydroxylation is 1. The number of nitro benzene ring substituents is 1. The number of phenolic OH excluding ortho intramolecular Hbond substituents is 1. The van der Waals surface area contributed by atoms with Crippen LogP contribution in [0.4, 0.5) is 5.69 Å². The average molecular weight is 454 g/mol. The van der Waals surface area contributed by atoms with E-state index in [-0.39, 0.29) is 5.41 Å². The SMILES string of the molecule is CC(C)(C)C1CCc2sc(C(=O)NNS(=O)(=O)c3ccc(O)c([N+](=O)[O-])c3)cc2C1. The summed E-state index contributed by atoms with van der Waals surface area (Å²) in [4.78, 5) is 25.5. The second kappa shape index (κ2) is 7.97. The van der Waals surface area contributed by atoms with Gasteiger partial charge >= 0.3 is 5.69 Å². The van der Waals surface area contributed by atoms with Gasteiger partial charge in [0, 0.05) is 10.9 Å². The van der Waals surface area contributed by atoms with E-state index in [1.54, 1.807) is 6.07 Å². The Labute approximate surface area is 178 Å². The zero-order chi connectivity index (χ0) is 22.3. The highest BCUT2D eigenvalue weighted by Gasteiger charge is 2.30. The van der Waals surface area contributed by atoms with E-state index >= 15 is 0 Å². The molecule has 0 aliphatic heterocycles. The van der Waals surface area contributed by atoms with Crippen LogP contribution in [0.2, 0.25) is 0 Å². The summed E-state index contributed by atoms with van der Waals surface area (Å²) in [5.74, 6) is -0.737. The predicted octanol–water partition coefficient (Wildman–Crippen LogP) is 3.14. The van der Waals surface area contributed by atoms with Crippen LogP contribution >= 0.6 is 11.3 Å². The van der Waals surface area contributed by atoms with Gasteiger partial charge < -0.3 is 5.11 Å². The fourth-order valence-corrected chi connectivity index (χ4v) is 5.39. The van der Waals surface area contributed by atoms with Gasteiger partial charge in [-0.2, -0.15) is 0 Å². The lowest BCUT2D eigenvalue weighted by atomic mass is 9.72. The normalized spacial score (nSPS) is 16.7. The molecule has 2 aromatic rings. The van der Waals surface area contributed by atoms with Crippen LogP contribution in [-0.4, -0.2) is 24.4 Å². The number of nitrogens with one attached hydrogen (secondary N) is 2. The van der Waals surface area contributed by atoms with Crippen LogP contribution in [0.5, 0.6) is 5.75 Å². The topological polar surface area (TPSA) is 139 Å². The molecule has 30 heavy (non-hydrogen) atoms. The molecule has 3 N–H and O–H groups in total. The second-order valence-electron chi connectivity index (χ2n) is 8.33. The molecule has 1 amide bonds. The van der Waals surface area contributed by atoms with Crippen molar-refractivity contribution in [2.24, 2.45) is 11.3 Å². The Morgan fingerprint density at radius 3 is 2.63 bits per heavy atom. The van der Waals surface area contributed by atoms with Crippen LogP contribution < -0.4 is 10.3 Å². The van der Waals surface area contributed by atoms with Gasteiger partial charge in [0.2, 0.25) is 0 Å². The monoisotopic (exact) mass is 453 g/mol. The van der Waals surface area contributed by atoms with Gasteiger partial charge in [-0.3, -0.25) is 20.3 Å². The Bertz CT molecular complexity index is 1100. The molecule has 3 rings (SSSR count). The van der Waals surface area contributed by atoms with Crippen molar-refractivity contribution in [2.45, 2.75) is 44.9 Å². The van der Waals surface area contributed by atoms with E-state index in [0.29, 0.717) is 10.8 Å². The van der Waals surface area contributed by atoms with Gasteiger partial charge in [-0.25, -0.2) is 8.42 Å². The van der Waals surface area contributed by atoms with Crippen LogP contribution in [-0.2, 0) is 22.9 Å². The third-order valence-corrected chi connectivity index (χ3v) is 7.77. The van der Waals surface area contributed by atoms with Crippen molar-refractivity contribution < 1.29 is 23.2 Å². The number of sulfonamides is 1. The van der Waals surface area contributed by atoms with Crippen molar-refractivity contribution in [3.63, 3.8) is 0 Å². The van der Waals surface area contributed by atoms with E-state index in [1.807, 2.05) is 4.83 Å². The zero-order valence-electron chi connectivity index (χ0n) is 16.8. The maximum atomic E-state index is 12.5. The first-order valence-electron chi connectivity index (χ1n) is 9.29. The fraction of sp³-hybridized carbons (Fsp3) is 0.421. The molecule has 1 aromatic carbocycles. The summed E-state index contributed by atoms with van der Waals surface area (Å²) in [6.07, 6.45) is 2.81. The Morgan fingerprint density at radius 1 is 1.30 bits per heavy atom. The van der Waals surface area contributed by atoms with Crippen LogP contribution in [0.1, 0.15) is 47.3 Å². The summed E-state index contributed by atoms with van der Waals surface area (Å²) < 4.78 is 24.8. The van der Waals surface area contributed by atoms with Crippen molar-refractivity contribution in [3.8, 4) is 5.75 Å². The summed E-state index contributed by atoms with van der Waals surface area (Å²) in [6.45, 7) is 6.60. The molecule has 0 saturated carbocycles.